The largest absolute Gasteiger partial charge is 0.316 e. The van der Waals surface area contributed by atoms with Crippen LogP contribution in [-0.4, -0.2) is 28.3 Å². The van der Waals surface area contributed by atoms with E-state index in [0.29, 0.717) is 5.92 Å². The zero-order valence-corrected chi connectivity index (χ0v) is 8.45. The SMILES string of the molecule is Cc1n[nH]c([C@H]2CNC[C@@H]2C2CC2)n1. The molecule has 1 aromatic heterocycles. The fourth-order valence-electron chi connectivity index (χ4n) is 2.55. The smallest absolute Gasteiger partial charge is 0.147 e. The third-order valence-electron chi connectivity index (χ3n) is 3.45. The van der Waals surface area contributed by atoms with Gasteiger partial charge in [0.05, 0.1) is 0 Å². The van der Waals surface area contributed by atoms with Gasteiger partial charge in [0.1, 0.15) is 11.6 Å². The maximum atomic E-state index is 4.45. The summed E-state index contributed by atoms with van der Waals surface area (Å²) in [4.78, 5) is 4.45. The van der Waals surface area contributed by atoms with Crippen LogP contribution in [-0.2, 0) is 0 Å². The summed E-state index contributed by atoms with van der Waals surface area (Å²) in [5, 5.41) is 10.6. The minimum absolute atomic E-state index is 0.573. The lowest BCUT2D eigenvalue weighted by atomic mass is 9.91. The summed E-state index contributed by atoms with van der Waals surface area (Å²) < 4.78 is 0. The number of rotatable bonds is 2. The van der Waals surface area contributed by atoms with Crippen molar-refractivity contribution in [3.05, 3.63) is 11.6 Å². The van der Waals surface area contributed by atoms with Crippen LogP contribution in [0.3, 0.4) is 0 Å². The summed E-state index contributed by atoms with van der Waals surface area (Å²) in [6.07, 6.45) is 2.83. The average molecular weight is 192 g/mol. The number of nitrogens with one attached hydrogen (secondary N) is 2. The molecule has 2 fully saturated rings. The Morgan fingerprint density at radius 1 is 1.29 bits per heavy atom. The van der Waals surface area contributed by atoms with Gasteiger partial charge in [-0.3, -0.25) is 5.10 Å². The van der Waals surface area contributed by atoms with E-state index in [2.05, 4.69) is 20.5 Å². The number of hydrogen-bond acceptors (Lipinski definition) is 3. The molecule has 1 aromatic rings. The Balaban J connectivity index is 1.82. The Labute approximate surface area is 83.5 Å². The number of aromatic amines is 1. The minimum Gasteiger partial charge on any atom is -0.316 e. The van der Waals surface area contributed by atoms with Crippen molar-refractivity contribution in [2.75, 3.05) is 13.1 Å². The van der Waals surface area contributed by atoms with Gasteiger partial charge in [-0.2, -0.15) is 5.10 Å². The Bertz CT molecular complexity index is 329. The number of H-pyrrole nitrogens is 1. The molecule has 2 N–H and O–H groups in total. The molecular weight excluding hydrogens is 176 g/mol. The summed E-state index contributed by atoms with van der Waals surface area (Å²) >= 11 is 0. The first-order valence-electron chi connectivity index (χ1n) is 5.44. The summed E-state index contributed by atoms with van der Waals surface area (Å²) in [5.41, 5.74) is 0. The monoisotopic (exact) mass is 192 g/mol. The quantitative estimate of drug-likeness (QED) is 0.729. The van der Waals surface area contributed by atoms with Crippen molar-refractivity contribution in [1.29, 1.82) is 0 Å². The highest BCUT2D eigenvalue weighted by Gasteiger charge is 2.41. The highest BCUT2D eigenvalue weighted by molar-refractivity contribution is 5.07. The molecule has 14 heavy (non-hydrogen) atoms. The molecule has 0 radical (unpaired) electrons. The Kier molecular flexibility index (Phi) is 1.83. The van der Waals surface area contributed by atoms with Crippen LogP contribution in [0.5, 0.6) is 0 Å². The van der Waals surface area contributed by atoms with Crippen molar-refractivity contribution in [2.45, 2.75) is 25.7 Å². The molecule has 76 valence electrons. The average Bonchev–Trinajstić information content (AvgIpc) is 2.75. The second-order valence-electron chi connectivity index (χ2n) is 4.53. The van der Waals surface area contributed by atoms with Crippen LogP contribution in [0.2, 0.25) is 0 Å². The Hall–Kier alpha value is -0.900. The van der Waals surface area contributed by atoms with E-state index < -0.39 is 0 Å². The Morgan fingerprint density at radius 3 is 2.79 bits per heavy atom. The first-order valence-corrected chi connectivity index (χ1v) is 5.44. The van der Waals surface area contributed by atoms with Crippen LogP contribution in [0.15, 0.2) is 0 Å². The first-order chi connectivity index (χ1) is 6.84. The van der Waals surface area contributed by atoms with Crippen molar-refractivity contribution in [3.8, 4) is 0 Å². The van der Waals surface area contributed by atoms with Gasteiger partial charge in [0.15, 0.2) is 0 Å². The van der Waals surface area contributed by atoms with E-state index in [1.807, 2.05) is 6.92 Å². The van der Waals surface area contributed by atoms with Gasteiger partial charge in [-0.05, 0) is 38.1 Å². The van der Waals surface area contributed by atoms with Gasteiger partial charge in [0.25, 0.3) is 0 Å². The van der Waals surface area contributed by atoms with E-state index in [1.165, 1.54) is 12.8 Å². The molecular formula is C10H16N4. The molecule has 1 aliphatic heterocycles. The number of nitrogens with zero attached hydrogens (tertiary/aromatic N) is 2. The van der Waals surface area contributed by atoms with Crippen molar-refractivity contribution in [2.24, 2.45) is 11.8 Å². The normalized spacial score (nSPS) is 32.4. The van der Waals surface area contributed by atoms with Gasteiger partial charge >= 0.3 is 0 Å². The van der Waals surface area contributed by atoms with Crippen LogP contribution < -0.4 is 5.32 Å². The molecule has 1 saturated heterocycles. The maximum Gasteiger partial charge on any atom is 0.147 e. The van der Waals surface area contributed by atoms with Crippen LogP contribution in [0.4, 0.5) is 0 Å². The van der Waals surface area contributed by atoms with Gasteiger partial charge < -0.3 is 5.32 Å². The summed E-state index contributed by atoms with van der Waals surface area (Å²) in [6, 6.07) is 0. The van der Waals surface area contributed by atoms with Crippen LogP contribution in [0, 0.1) is 18.8 Å². The molecule has 2 atom stereocenters. The number of aromatic nitrogens is 3. The van der Waals surface area contributed by atoms with Gasteiger partial charge in [-0.1, -0.05) is 0 Å². The van der Waals surface area contributed by atoms with E-state index in [-0.39, 0.29) is 0 Å². The molecule has 0 bridgehead atoms. The minimum atomic E-state index is 0.573. The van der Waals surface area contributed by atoms with Crippen LogP contribution >= 0.6 is 0 Å². The van der Waals surface area contributed by atoms with E-state index in [4.69, 9.17) is 0 Å². The lowest BCUT2D eigenvalue weighted by Gasteiger charge is -2.14. The third-order valence-corrected chi connectivity index (χ3v) is 3.45. The zero-order valence-electron chi connectivity index (χ0n) is 8.45. The standard InChI is InChI=1S/C10H16N4/c1-6-12-10(14-13-6)9-5-11-4-8(9)7-2-3-7/h7-9,11H,2-5H2,1H3,(H,12,13,14)/t8-,9+/m1/s1. The lowest BCUT2D eigenvalue weighted by molar-refractivity contribution is 0.443. The Morgan fingerprint density at radius 2 is 2.14 bits per heavy atom. The van der Waals surface area contributed by atoms with Crippen molar-refractivity contribution < 1.29 is 0 Å². The molecule has 0 amide bonds. The first kappa shape index (κ1) is 8.41. The molecule has 0 aromatic carbocycles. The van der Waals surface area contributed by atoms with Gasteiger partial charge in [0, 0.05) is 12.5 Å². The van der Waals surface area contributed by atoms with E-state index >= 15 is 0 Å². The molecule has 2 heterocycles. The molecule has 4 heteroatoms. The van der Waals surface area contributed by atoms with Gasteiger partial charge in [-0.15, -0.1) is 0 Å². The van der Waals surface area contributed by atoms with Crippen molar-refractivity contribution in [1.82, 2.24) is 20.5 Å². The number of aryl methyl sites for hydroxylation is 1. The zero-order chi connectivity index (χ0) is 9.54. The molecule has 0 unspecified atom stereocenters. The van der Waals surface area contributed by atoms with E-state index in [9.17, 15) is 0 Å². The van der Waals surface area contributed by atoms with Crippen LogP contribution in [0.25, 0.3) is 0 Å². The fraction of sp³-hybridized carbons (Fsp3) is 0.800. The molecule has 1 aliphatic carbocycles. The fourth-order valence-corrected chi connectivity index (χ4v) is 2.55. The molecule has 0 spiro atoms. The second kappa shape index (κ2) is 3.05. The molecule has 2 aliphatic rings. The lowest BCUT2D eigenvalue weighted by Crippen LogP contribution is -2.14. The topological polar surface area (TPSA) is 53.6 Å². The third kappa shape index (κ3) is 1.34. The highest BCUT2D eigenvalue weighted by atomic mass is 15.2. The van der Waals surface area contributed by atoms with Crippen LogP contribution in [0.1, 0.15) is 30.4 Å². The van der Waals surface area contributed by atoms with Gasteiger partial charge in [-0.25, -0.2) is 4.98 Å². The van der Waals surface area contributed by atoms with E-state index in [0.717, 1.165) is 36.6 Å². The molecule has 3 rings (SSSR count). The van der Waals surface area contributed by atoms with Crippen molar-refractivity contribution in [3.63, 3.8) is 0 Å². The predicted octanol–water partition coefficient (Wildman–Crippen LogP) is 0.826. The van der Waals surface area contributed by atoms with E-state index in [1.54, 1.807) is 0 Å². The summed E-state index contributed by atoms with van der Waals surface area (Å²) in [5.74, 6) is 4.26. The second-order valence-corrected chi connectivity index (χ2v) is 4.53. The molecule has 4 nitrogen and oxygen atoms in total. The highest BCUT2D eigenvalue weighted by Crippen LogP contribution is 2.44. The summed E-state index contributed by atoms with van der Waals surface area (Å²) in [6.45, 7) is 4.17. The van der Waals surface area contributed by atoms with Gasteiger partial charge in [0.2, 0.25) is 0 Å². The summed E-state index contributed by atoms with van der Waals surface area (Å²) in [7, 11) is 0. The predicted molar refractivity (Wildman–Crippen MR) is 52.9 cm³/mol. The van der Waals surface area contributed by atoms with Crippen molar-refractivity contribution >= 4 is 0 Å². The number of hydrogen-bond donors (Lipinski definition) is 2. The maximum absolute atomic E-state index is 4.45. The molecule has 1 saturated carbocycles.